The molecule has 0 fully saturated rings. The summed E-state index contributed by atoms with van der Waals surface area (Å²) in [4.78, 5) is 23.5. The van der Waals surface area contributed by atoms with Gasteiger partial charge < -0.3 is 19.1 Å². The van der Waals surface area contributed by atoms with Crippen molar-refractivity contribution in [2.75, 3.05) is 13.7 Å². The largest absolute Gasteiger partial charge is 0.493 e. The molecule has 0 saturated heterocycles. The zero-order chi connectivity index (χ0) is 28.8. The number of methoxy groups -OCH3 is 1. The standard InChI is InChI=1S/C34H28ClNO5/c1-40-34(39)25-12-15-27(16-13-25)41-21-20-28-29-22-26(35)14-17-31(29)36(30(28)18-19-32(37)38)33(23-8-4-2-5-9-23)24-10-6-3-7-11-24/h2-19,22,33H,20-21H2,1H3,(H,37,38)/b19-18+. The van der Waals surface area contributed by atoms with Crippen molar-refractivity contribution >= 4 is 40.5 Å². The minimum Gasteiger partial charge on any atom is -0.493 e. The molecule has 4 aromatic carbocycles. The molecule has 1 aromatic heterocycles. The Morgan fingerprint density at radius 2 is 1.54 bits per heavy atom. The van der Waals surface area contributed by atoms with Crippen molar-refractivity contribution in [1.82, 2.24) is 4.57 Å². The van der Waals surface area contributed by atoms with Crippen molar-refractivity contribution in [3.05, 3.63) is 142 Å². The van der Waals surface area contributed by atoms with Crippen LogP contribution in [0, 0.1) is 0 Å². The first-order chi connectivity index (χ1) is 20.0. The highest BCUT2D eigenvalue weighted by atomic mass is 35.5. The Kier molecular flexibility index (Phi) is 8.51. The highest BCUT2D eigenvalue weighted by molar-refractivity contribution is 6.31. The number of hydrogen-bond acceptors (Lipinski definition) is 4. The van der Waals surface area contributed by atoms with Gasteiger partial charge in [0, 0.05) is 34.1 Å². The summed E-state index contributed by atoms with van der Waals surface area (Å²) in [5, 5.41) is 11.1. The number of ether oxygens (including phenoxy) is 2. The molecule has 41 heavy (non-hydrogen) atoms. The second-order valence-corrected chi connectivity index (χ2v) is 9.84. The monoisotopic (exact) mass is 565 g/mol. The van der Waals surface area contributed by atoms with Crippen molar-refractivity contribution in [2.24, 2.45) is 0 Å². The first-order valence-electron chi connectivity index (χ1n) is 13.1. The van der Waals surface area contributed by atoms with Crippen LogP contribution in [0.2, 0.25) is 5.02 Å². The van der Waals surface area contributed by atoms with Gasteiger partial charge in [-0.1, -0.05) is 72.3 Å². The number of hydrogen-bond donors (Lipinski definition) is 1. The summed E-state index contributed by atoms with van der Waals surface area (Å²) in [5.41, 5.74) is 5.16. The predicted molar refractivity (Wildman–Crippen MR) is 161 cm³/mol. The van der Waals surface area contributed by atoms with E-state index >= 15 is 0 Å². The summed E-state index contributed by atoms with van der Waals surface area (Å²) >= 11 is 6.49. The molecular formula is C34H28ClNO5. The molecule has 6 nitrogen and oxygen atoms in total. The summed E-state index contributed by atoms with van der Waals surface area (Å²) < 4.78 is 13.0. The molecule has 0 aliphatic carbocycles. The van der Waals surface area contributed by atoms with Gasteiger partial charge in [0.2, 0.25) is 0 Å². The van der Waals surface area contributed by atoms with Gasteiger partial charge in [0.25, 0.3) is 0 Å². The van der Waals surface area contributed by atoms with E-state index in [1.165, 1.54) is 7.11 Å². The molecule has 7 heteroatoms. The summed E-state index contributed by atoms with van der Waals surface area (Å²) in [7, 11) is 1.34. The Hall–Kier alpha value is -4.81. The van der Waals surface area contributed by atoms with Gasteiger partial charge in [0.1, 0.15) is 5.75 Å². The maximum absolute atomic E-state index is 11.8. The molecular weight excluding hydrogens is 538 g/mol. The fourth-order valence-corrected chi connectivity index (χ4v) is 5.25. The fraction of sp³-hybridized carbons (Fsp3) is 0.118. The molecule has 0 atom stereocenters. The number of nitrogens with zero attached hydrogens (tertiary/aromatic N) is 1. The average molecular weight is 566 g/mol. The topological polar surface area (TPSA) is 77.8 Å². The Morgan fingerprint density at radius 3 is 2.12 bits per heavy atom. The molecule has 1 heterocycles. The number of carboxylic acids is 1. The molecule has 0 unspecified atom stereocenters. The smallest absolute Gasteiger partial charge is 0.337 e. The molecule has 0 radical (unpaired) electrons. The lowest BCUT2D eigenvalue weighted by Crippen LogP contribution is -2.14. The van der Waals surface area contributed by atoms with E-state index in [1.807, 2.05) is 54.6 Å². The maximum Gasteiger partial charge on any atom is 0.337 e. The molecule has 1 N–H and O–H groups in total. The number of carbonyl (C=O) groups excluding carboxylic acids is 1. The lowest BCUT2D eigenvalue weighted by molar-refractivity contribution is -0.131. The number of fused-ring (bicyclic) bond motifs is 1. The first kappa shape index (κ1) is 27.7. The molecule has 0 spiro atoms. The van der Waals surface area contributed by atoms with Crippen LogP contribution in [0.15, 0.2) is 109 Å². The van der Waals surface area contributed by atoms with Crippen LogP contribution in [-0.2, 0) is 16.0 Å². The van der Waals surface area contributed by atoms with Gasteiger partial charge >= 0.3 is 11.9 Å². The summed E-state index contributed by atoms with van der Waals surface area (Å²) in [6, 6.07) is 32.5. The zero-order valence-electron chi connectivity index (χ0n) is 22.4. The zero-order valence-corrected chi connectivity index (χ0v) is 23.1. The molecule has 0 aliphatic rings. The normalized spacial score (nSPS) is 11.3. The van der Waals surface area contributed by atoms with Crippen LogP contribution in [0.25, 0.3) is 17.0 Å². The summed E-state index contributed by atoms with van der Waals surface area (Å²) in [6.07, 6.45) is 3.29. The number of aromatic nitrogens is 1. The van der Waals surface area contributed by atoms with Crippen LogP contribution in [0.1, 0.15) is 38.8 Å². The SMILES string of the molecule is COC(=O)c1ccc(OCCc2c(/C=C/C(=O)O)n(C(c3ccccc3)c3ccccc3)c3ccc(Cl)cc23)cc1. The van der Waals surface area contributed by atoms with Crippen LogP contribution in [0.4, 0.5) is 0 Å². The Labute approximate surface area is 243 Å². The number of rotatable bonds is 10. The van der Waals surface area contributed by atoms with E-state index < -0.39 is 11.9 Å². The van der Waals surface area contributed by atoms with E-state index in [2.05, 4.69) is 28.8 Å². The summed E-state index contributed by atoms with van der Waals surface area (Å²) in [5.74, 6) is -0.848. The molecule has 0 amide bonds. The van der Waals surface area contributed by atoms with Crippen LogP contribution >= 0.6 is 11.6 Å². The molecule has 5 rings (SSSR count). The van der Waals surface area contributed by atoms with E-state index in [1.54, 1.807) is 30.3 Å². The third kappa shape index (κ3) is 6.18. The van der Waals surface area contributed by atoms with E-state index in [-0.39, 0.29) is 6.04 Å². The van der Waals surface area contributed by atoms with Crippen molar-refractivity contribution < 1.29 is 24.2 Å². The summed E-state index contributed by atoms with van der Waals surface area (Å²) in [6.45, 7) is 0.318. The number of benzene rings is 4. The lowest BCUT2D eigenvalue weighted by Gasteiger charge is -2.24. The quantitative estimate of drug-likeness (QED) is 0.141. The number of esters is 1. The minimum atomic E-state index is -1.04. The Bertz CT molecular complexity index is 1650. The van der Waals surface area contributed by atoms with Gasteiger partial charge in [-0.05, 0) is 65.2 Å². The van der Waals surface area contributed by atoms with Gasteiger partial charge in [-0.3, -0.25) is 0 Å². The highest BCUT2D eigenvalue weighted by Crippen LogP contribution is 2.38. The number of carboxylic acid groups (broad SMARTS) is 1. The Morgan fingerprint density at radius 1 is 0.902 bits per heavy atom. The molecule has 5 aromatic rings. The number of carbonyl (C=O) groups is 2. The molecule has 0 saturated carbocycles. The van der Waals surface area contributed by atoms with E-state index in [4.69, 9.17) is 21.1 Å². The highest BCUT2D eigenvalue weighted by Gasteiger charge is 2.24. The molecule has 0 bridgehead atoms. The number of aliphatic carboxylic acids is 1. The average Bonchev–Trinajstić information content (AvgIpc) is 3.29. The van der Waals surface area contributed by atoms with Crippen molar-refractivity contribution in [3.8, 4) is 5.75 Å². The fourth-order valence-electron chi connectivity index (χ4n) is 5.08. The van der Waals surface area contributed by atoms with Crippen LogP contribution in [0.3, 0.4) is 0 Å². The van der Waals surface area contributed by atoms with Crippen molar-refractivity contribution in [1.29, 1.82) is 0 Å². The maximum atomic E-state index is 11.8. The third-order valence-electron chi connectivity index (χ3n) is 6.88. The van der Waals surface area contributed by atoms with E-state index in [9.17, 15) is 14.7 Å². The second kappa shape index (κ2) is 12.6. The van der Waals surface area contributed by atoms with E-state index in [0.29, 0.717) is 29.4 Å². The number of halogens is 1. The van der Waals surface area contributed by atoms with Crippen LogP contribution < -0.4 is 4.74 Å². The minimum absolute atomic E-state index is 0.227. The van der Waals surface area contributed by atoms with Gasteiger partial charge in [0.05, 0.1) is 25.3 Å². The van der Waals surface area contributed by atoms with Crippen LogP contribution in [-0.4, -0.2) is 35.3 Å². The van der Waals surface area contributed by atoms with Crippen molar-refractivity contribution in [2.45, 2.75) is 12.5 Å². The first-order valence-corrected chi connectivity index (χ1v) is 13.5. The molecule has 0 aliphatic heterocycles. The van der Waals surface area contributed by atoms with E-state index in [0.717, 1.165) is 39.4 Å². The van der Waals surface area contributed by atoms with Crippen LogP contribution in [0.5, 0.6) is 5.75 Å². The third-order valence-corrected chi connectivity index (χ3v) is 7.12. The molecule has 206 valence electrons. The van der Waals surface area contributed by atoms with Gasteiger partial charge in [0.15, 0.2) is 0 Å². The van der Waals surface area contributed by atoms with Gasteiger partial charge in [-0.25, -0.2) is 9.59 Å². The Balaban J connectivity index is 1.62. The predicted octanol–water partition coefficient (Wildman–Crippen LogP) is 7.44. The van der Waals surface area contributed by atoms with Crippen molar-refractivity contribution in [3.63, 3.8) is 0 Å². The van der Waals surface area contributed by atoms with Gasteiger partial charge in [-0.2, -0.15) is 0 Å². The second-order valence-electron chi connectivity index (χ2n) is 9.41. The lowest BCUT2D eigenvalue weighted by atomic mass is 9.98. The van der Waals surface area contributed by atoms with Gasteiger partial charge in [-0.15, -0.1) is 0 Å².